The zero-order valence-electron chi connectivity index (χ0n) is 14.0. The maximum Gasteiger partial charge on any atom is 0.326 e. The van der Waals surface area contributed by atoms with E-state index in [2.05, 4.69) is 5.32 Å². The molecule has 0 radical (unpaired) electrons. The third-order valence-corrected chi connectivity index (χ3v) is 4.04. The van der Waals surface area contributed by atoms with Gasteiger partial charge in [0.15, 0.2) is 0 Å². The van der Waals surface area contributed by atoms with Crippen molar-refractivity contribution < 1.29 is 23.5 Å². The third kappa shape index (κ3) is 4.86. The summed E-state index contributed by atoms with van der Waals surface area (Å²) in [6.07, 6.45) is -0.475. The number of benzene rings is 2. The molecule has 2 rings (SSSR count). The Balaban J connectivity index is 2.09. The Bertz CT molecular complexity index is 785. The van der Waals surface area contributed by atoms with Gasteiger partial charge in [-0.25, -0.2) is 13.6 Å². The van der Waals surface area contributed by atoms with Crippen molar-refractivity contribution in [3.63, 3.8) is 0 Å². The Hall–Kier alpha value is -2.76. The SMILES string of the molecule is Cc1ccc(C[C@@H](NC(=O)Cc2c(F)cccc2F)C(=O)O)cc1C. The Morgan fingerprint density at radius 3 is 2.28 bits per heavy atom. The summed E-state index contributed by atoms with van der Waals surface area (Å²) in [5.41, 5.74) is 2.47. The molecular formula is C19H19F2NO3. The molecule has 4 nitrogen and oxygen atoms in total. The van der Waals surface area contributed by atoms with Crippen LogP contribution in [0.1, 0.15) is 22.3 Å². The van der Waals surface area contributed by atoms with Crippen LogP contribution < -0.4 is 5.32 Å². The van der Waals surface area contributed by atoms with Gasteiger partial charge < -0.3 is 10.4 Å². The number of carbonyl (C=O) groups is 2. The molecular weight excluding hydrogens is 328 g/mol. The van der Waals surface area contributed by atoms with Crippen LogP contribution >= 0.6 is 0 Å². The number of aliphatic carboxylic acids is 1. The van der Waals surface area contributed by atoms with Gasteiger partial charge in [0.05, 0.1) is 6.42 Å². The highest BCUT2D eigenvalue weighted by Crippen LogP contribution is 2.14. The van der Waals surface area contributed by atoms with Gasteiger partial charge in [-0.1, -0.05) is 24.3 Å². The summed E-state index contributed by atoms with van der Waals surface area (Å²) >= 11 is 0. The molecule has 0 unspecified atom stereocenters. The number of carboxylic acid groups (broad SMARTS) is 1. The quantitative estimate of drug-likeness (QED) is 0.844. The van der Waals surface area contributed by atoms with E-state index < -0.39 is 36.0 Å². The van der Waals surface area contributed by atoms with Gasteiger partial charge in [-0.15, -0.1) is 0 Å². The minimum absolute atomic E-state index is 0.0853. The predicted molar refractivity (Wildman–Crippen MR) is 89.2 cm³/mol. The Morgan fingerprint density at radius 2 is 1.72 bits per heavy atom. The molecule has 0 saturated carbocycles. The zero-order valence-corrected chi connectivity index (χ0v) is 14.0. The van der Waals surface area contributed by atoms with Gasteiger partial charge in [0, 0.05) is 12.0 Å². The number of nitrogens with one attached hydrogen (secondary N) is 1. The molecule has 0 aliphatic heterocycles. The fraction of sp³-hybridized carbons (Fsp3) is 0.263. The topological polar surface area (TPSA) is 66.4 Å². The van der Waals surface area contributed by atoms with Gasteiger partial charge in [0.25, 0.3) is 0 Å². The first-order chi connectivity index (χ1) is 11.8. The van der Waals surface area contributed by atoms with E-state index in [4.69, 9.17) is 0 Å². The molecule has 0 aromatic heterocycles. The summed E-state index contributed by atoms with van der Waals surface area (Å²) in [6, 6.07) is 7.65. The molecule has 25 heavy (non-hydrogen) atoms. The van der Waals surface area contributed by atoms with Crippen LogP contribution in [-0.2, 0) is 22.4 Å². The van der Waals surface area contributed by atoms with E-state index in [0.717, 1.165) is 28.8 Å². The van der Waals surface area contributed by atoms with Gasteiger partial charge in [-0.05, 0) is 42.7 Å². The van der Waals surface area contributed by atoms with Crippen LogP contribution in [0.2, 0.25) is 0 Å². The predicted octanol–water partition coefficient (Wildman–Crippen LogP) is 2.94. The Morgan fingerprint density at radius 1 is 1.08 bits per heavy atom. The monoisotopic (exact) mass is 347 g/mol. The van der Waals surface area contributed by atoms with Crippen LogP contribution in [0.25, 0.3) is 0 Å². The number of hydrogen-bond donors (Lipinski definition) is 2. The van der Waals surface area contributed by atoms with Crippen molar-refractivity contribution in [3.05, 3.63) is 70.3 Å². The van der Waals surface area contributed by atoms with Crippen LogP contribution in [0.3, 0.4) is 0 Å². The number of rotatable bonds is 6. The van der Waals surface area contributed by atoms with E-state index in [1.807, 2.05) is 26.0 Å². The average molecular weight is 347 g/mol. The second kappa shape index (κ2) is 7.88. The van der Waals surface area contributed by atoms with Crippen molar-refractivity contribution in [1.29, 1.82) is 0 Å². The average Bonchev–Trinajstić information content (AvgIpc) is 2.54. The highest BCUT2D eigenvalue weighted by atomic mass is 19.1. The summed E-state index contributed by atoms with van der Waals surface area (Å²) in [5, 5.41) is 11.6. The molecule has 2 aromatic carbocycles. The van der Waals surface area contributed by atoms with Crippen molar-refractivity contribution >= 4 is 11.9 Å². The first-order valence-electron chi connectivity index (χ1n) is 7.79. The smallest absolute Gasteiger partial charge is 0.326 e. The molecule has 132 valence electrons. The summed E-state index contributed by atoms with van der Waals surface area (Å²) in [4.78, 5) is 23.4. The van der Waals surface area contributed by atoms with Crippen LogP contribution in [0.15, 0.2) is 36.4 Å². The molecule has 6 heteroatoms. The fourth-order valence-corrected chi connectivity index (χ4v) is 2.47. The second-order valence-electron chi connectivity index (χ2n) is 5.96. The number of halogens is 2. The normalized spacial score (nSPS) is 11.8. The molecule has 0 saturated heterocycles. The Kier molecular flexibility index (Phi) is 5.85. The summed E-state index contributed by atoms with van der Waals surface area (Å²) < 4.78 is 27.2. The molecule has 0 spiro atoms. The summed E-state index contributed by atoms with van der Waals surface area (Å²) in [6.45, 7) is 3.85. The van der Waals surface area contributed by atoms with Crippen molar-refractivity contribution in [1.82, 2.24) is 5.32 Å². The zero-order chi connectivity index (χ0) is 18.6. The van der Waals surface area contributed by atoms with Crippen LogP contribution in [0.5, 0.6) is 0 Å². The molecule has 0 fully saturated rings. The molecule has 1 atom stereocenters. The maximum absolute atomic E-state index is 13.6. The second-order valence-corrected chi connectivity index (χ2v) is 5.96. The van der Waals surface area contributed by atoms with Gasteiger partial charge in [0.2, 0.25) is 5.91 Å². The standard InChI is InChI=1S/C19H19F2NO3/c1-11-6-7-13(8-12(11)2)9-17(19(24)25)22-18(23)10-14-15(20)4-3-5-16(14)21/h3-8,17H,9-10H2,1-2H3,(H,22,23)(H,24,25)/t17-/m1/s1. The van der Waals surface area contributed by atoms with E-state index in [0.29, 0.717) is 0 Å². The van der Waals surface area contributed by atoms with E-state index in [1.54, 1.807) is 6.07 Å². The Labute approximate surface area is 144 Å². The molecule has 0 heterocycles. The van der Waals surface area contributed by atoms with E-state index in [-0.39, 0.29) is 12.0 Å². The maximum atomic E-state index is 13.6. The molecule has 0 aliphatic carbocycles. The lowest BCUT2D eigenvalue weighted by Crippen LogP contribution is -2.43. The molecule has 2 aromatic rings. The van der Waals surface area contributed by atoms with Crippen LogP contribution in [0, 0.1) is 25.5 Å². The van der Waals surface area contributed by atoms with Gasteiger partial charge in [-0.3, -0.25) is 4.79 Å². The summed E-state index contributed by atoms with van der Waals surface area (Å²) in [5.74, 6) is -3.63. The number of amides is 1. The van der Waals surface area contributed by atoms with E-state index in [1.165, 1.54) is 6.07 Å². The molecule has 1 amide bonds. The lowest BCUT2D eigenvalue weighted by Gasteiger charge is -2.16. The first-order valence-corrected chi connectivity index (χ1v) is 7.79. The van der Waals surface area contributed by atoms with Crippen molar-refractivity contribution in [2.75, 3.05) is 0 Å². The van der Waals surface area contributed by atoms with Gasteiger partial charge in [0.1, 0.15) is 17.7 Å². The minimum Gasteiger partial charge on any atom is -0.480 e. The number of carboxylic acids is 1. The minimum atomic E-state index is -1.21. The van der Waals surface area contributed by atoms with E-state index in [9.17, 15) is 23.5 Å². The molecule has 0 bridgehead atoms. The largest absolute Gasteiger partial charge is 0.480 e. The molecule has 2 N–H and O–H groups in total. The third-order valence-electron chi connectivity index (χ3n) is 4.04. The van der Waals surface area contributed by atoms with Crippen molar-refractivity contribution in [3.8, 4) is 0 Å². The first kappa shape index (κ1) is 18.6. The number of carbonyl (C=O) groups excluding carboxylic acids is 1. The van der Waals surface area contributed by atoms with Crippen LogP contribution in [0.4, 0.5) is 8.78 Å². The molecule has 0 aliphatic rings. The van der Waals surface area contributed by atoms with Gasteiger partial charge >= 0.3 is 5.97 Å². The lowest BCUT2D eigenvalue weighted by molar-refractivity contribution is -0.141. The fourth-order valence-electron chi connectivity index (χ4n) is 2.47. The number of aryl methyl sites for hydroxylation is 2. The van der Waals surface area contributed by atoms with Gasteiger partial charge in [-0.2, -0.15) is 0 Å². The van der Waals surface area contributed by atoms with E-state index >= 15 is 0 Å². The summed E-state index contributed by atoms with van der Waals surface area (Å²) in [7, 11) is 0. The van der Waals surface area contributed by atoms with Crippen LogP contribution in [-0.4, -0.2) is 23.0 Å². The highest BCUT2D eigenvalue weighted by Gasteiger charge is 2.22. The van der Waals surface area contributed by atoms with Crippen molar-refractivity contribution in [2.24, 2.45) is 0 Å². The van der Waals surface area contributed by atoms with Crippen molar-refractivity contribution in [2.45, 2.75) is 32.7 Å². The number of hydrogen-bond acceptors (Lipinski definition) is 2. The highest BCUT2D eigenvalue weighted by molar-refractivity contribution is 5.85. The lowest BCUT2D eigenvalue weighted by atomic mass is 10.0.